The number of hydrogen-bond donors (Lipinski definition) is 0. The highest BCUT2D eigenvalue weighted by molar-refractivity contribution is 6.29. The zero-order chi connectivity index (χ0) is 6.69. The maximum Gasteiger partial charge on any atom is 0.0153 e. The third-order valence-corrected chi connectivity index (χ3v) is 1.19. The summed E-state index contributed by atoms with van der Waals surface area (Å²) in [6.45, 7) is 3.58. The average molecular weight is 139 g/mol. The zero-order valence-corrected chi connectivity index (χ0v) is 5.78. The van der Waals surface area contributed by atoms with Crippen LogP contribution < -0.4 is 0 Å². The first-order valence-corrected chi connectivity index (χ1v) is 3.12. The van der Waals surface area contributed by atoms with Crippen molar-refractivity contribution in [2.24, 2.45) is 0 Å². The van der Waals surface area contributed by atoms with Gasteiger partial charge in [0.2, 0.25) is 0 Å². The third-order valence-electron chi connectivity index (χ3n) is 1.06. The molecule has 0 aromatic rings. The van der Waals surface area contributed by atoms with Crippen molar-refractivity contribution >= 4 is 11.6 Å². The second-order valence-electron chi connectivity index (χ2n) is 1.91. The van der Waals surface area contributed by atoms with Gasteiger partial charge in [0, 0.05) is 11.5 Å². The van der Waals surface area contributed by atoms with Gasteiger partial charge < -0.3 is 0 Å². The number of rotatable bonds is 2. The van der Waals surface area contributed by atoms with E-state index in [1.807, 2.05) is 18.2 Å². The van der Waals surface area contributed by atoms with E-state index in [9.17, 15) is 0 Å². The smallest absolute Gasteiger partial charge is 0.0153 e. The summed E-state index contributed by atoms with van der Waals surface area (Å²) >= 11 is 5.56. The third kappa shape index (κ3) is 1.93. The molecular formula is C8H7Cl. The minimum atomic E-state index is 0.676. The molecule has 0 heterocycles. The Balaban J connectivity index is 2.49. The summed E-state index contributed by atoms with van der Waals surface area (Å²) in [7, 11) is 0. The van der Waals surface area contributed by atoms with Gasteiger partial charge in [-0.15, -0.1) is 5.73 Å². The van der Waals surface area contributed by atoms with Crippen molar-refractivity contribution in [1.29, 1.82) is 0 Å². The van der Waals surface area contributed by atoms with Gasteiger partial charge in [-0.2, -0.15) is 0 Å². The Labute approximate surface area is 59.8 Å². The molecule has 46 valence electrons. The Morgan fingerprint density at radius 1 is 1.78 bits per heavy atom. The fourth-order valence-corrected chi connectivity index (χ4v) is 0.844. The average Bonchev–Trinajstić information content (AvgIpc) is 2.15. The summed E-state index contributed by atoms with van der Waals surface area (Å²) in [6, 6.07) is 0. The van der Waals surface area contributed by atoms with Crippen molar-refractivity contribution in [1.82, 2.24) is 0 Å². The second-order valence-corrected chi connectivity index (χ2v) is 2.45. The first-order valence-electron chi connectivity index (χ1n) is 2.74. The van der Waals surface area contributed by atoms with E-state index < -0.39 is 0 Å². The lowest BCUT2D eigenvalue weighted by Gasteiger charge is -1.92. The lowest BCUT2D eigenvalue weighted by atomic mass is 10.2. The molecule has 0 aliphatic heterocycles. The van der Waals surface area contributed by atoms with Crippen molar-refractivity contribution in [2.45, 2.75) is 6.42 Å². The van der Waals surface area contributed by atoms with E-state index in [-0.39, 0.29) is 0 Å². The molecule has 0 amide bonds. The van der Waals surface area contributed by atoms with Gasteiger partial charge in [-0.05, 0) is 17.7 Å². The standard InChI is InChI=1S/C8H7Cl/c1-7(9)6-8-4-2-3-5-8/h2,4-5H,1,6H2. The topological polar surface area (TPSA) is 0 Å². The van der Waals surface area contributed by atoms with E-state index in [4.69, 9.17) is 11.6 Å². The number of hydrogen-bond acceptors (Lipinski definition) is 0. The van der Waals surface area contributed by atoms with Gasteiger partial charge >= 0.3 is 0 Å². The summed E-state index contributed by atoms with van der Waals surface area (Å²) in [5.41, 5.74) is 4.11. The number of allylic oxidation sites excluding steroid dienone is 4. The van der Waals surface area contributed by atoms with Gasteiger partial charge in [0.05, 0.1) is 0 Å². The zero-order valence-electron chi connectivity index (χ0n) is 5.02. The molecular weight excluding hydrogens is 132 g/mol. The van der Waals surface area contributed by atoms with Crippen LogP contribution in [0.25, 0.3) is 0 Å². The van der Waals surface area contributed by atoms with Gasteiger partial charge in [0.1, 0.15) is 0 Å². The Morgan fingerprint density at radius 2 is 2.56 bits per heavy atom. The van der Waals surface area contributed by atoms with Crippen LogP contribution in [0, 0.1) is 0 Å². The molecule has 1 rings (SSSR count). The predicted molar refractivity (Wildman–Crippen MR) is 40.3 cm³/mol. The lowest BCUT2D eigenvalue weighted by Crippen LogP contribution is -1.73. The highest BCUT2D eigenvalue weighted by atomic mass is 35.5. The summed E-state index contributed by atoms with van der Waals surface area (Å²) in [5.74, 6) is 0. The lowest BCUT2D eigenvalue weighted by molar-refractivity contribution is 1.28. The van der Waals surface area contributed by atoms with Crippen LogP contribution in [0.4, 0.5) is 0 Å². The molecule has 0 saturated heterocycles. The SMILES string of the molecule is C=C(Cl)CC1=CC=C=C1. The Bertz CT molecular complexity index is 215. The highest BCUT2D eigenvalue weighted by Gasteiger charge is 1.94. The predicted octanol–water partition coefficient (Wildman–Crippen LogP) is 2.78. The minimum Gasteiger partial charge on any atom is -0.121 e. The summed E-state index contributed by atoms with van der Waals surface area (Å²) in [5, 5.41) is 0.676. The molecule has 0 saturated carbocycles. The quantitative estimate of drug-likeness (QED) is 0.515. The fraction of sp³-hybridized carbons (Fsp3) is 0.125. The molecule has 0 spiro atoms. The van der Waals surface area contributed by atoms with Gasteiger partial charge in [0.15, 0.2) is 0 Å². The van der Waals surface area contributed by atoms with E-state index in [1.54, 1.807) is 0 Å². The fourth-order valence-electron chi connectivity index (χ4n) is 0.690. The second kappa shape index (κ2) is 2.72. The molecule has 0 bridgehead atoms. The normalized spacial score (nSPS) is 14.1. The summed E-state index contributed by atoms with van der Waals surface area (Å²) < 4.78 is 0. The molecule has 0 fully saturated rings. The van der Waals surface area contributed by atoms with E-state index in [1.165, 1.54) is 5.57 Å². The molecule has 0 N–H and O–H groups in total. The van der Waals surface area contributed by atoms with Crippen LogP contribution in [0.5, 0.6) is 0 Å². The van der Waals surface area contributed by atoms with Gasteiger partial charge in [-0.3, -0.25) is 0 Å². The molecule has 9 heavy (non-hydrogen) atoms. The van der Waals surface area contributed by atoms with E-state index >= 15 is 0 Å². The summed E-state index contributed by atoms with van der Waals surface area (Å²) in [4.78, 5) is 0. The molecule has 1 heteroatoms. The molecule has 0 unspecified atom stereocenters. The van der Waals surface area contributed by atoms with Crippen LogP contribution in [0.3, 0.4) is 0 Å². The first kappa shape index (κ1) is 6.41. The first-order chi connectivity index (χ1) is 4.29. The Morgan fingerprint density at radius 3 is 3.00 bits per heavy atom. The summed E-state index contributed by atoms with van der Waals surface area (Å²) in [6.07, 6.45) is 6.52. The van der Waals surface area contributed by atoms with Crippen molar-refractivity contribution < 1.29 is 0 Å². The van der Waals surface area contributed by atoms with Crippen LogP contribution in [0.15, 0.2) is 41.1 Å². The van der Waals surface area contributed by atoms with Crippen molar-refractivity contribution in [3.05, 3.63) is 41.1 Å². The van der Waals surface area contributed by atoms with Gasteiger partial charge in [-0.1, -0.05) is 24.3 Å². The van der Waals surface area contributed by atoms with E-state index in [2.05, 4.69) is 12.3 Å². The van der Waals surface area contributed by atoms with Gasteiger partial charge in [-0.25, -0.2) is 0 Å². The van der Waals surface area contributed by atoms with E-state index in [0.29, 0.717) is 5.03 Å². The minimum absolute atomic E-state index is 0.676. The van der Waals surface area contributed by atoms with E-state index in [0.717, 1.165) is 6.42 Å². The molecule has 0 atom stereocenters. The Kier molecular flexibility index (Phi) is 1.94. The van der Waals surface area contributed by atoms with Crippen LogP contribution >= 0.6 is 11.6 Å². The largest absolute Gasteiger partial charge is 0.121 e. The Hall–Kier alpha value is -0.710. The molecule has 0 aromatic heterocycles. The van der Waals surface area contributed by atoms with Gasteiger partial charge in [0.25, 0.3) is 0 Å². The molecule has 0 radical (unpaired) electrons. The van der Waals surface area contributed by atoms with Crippen LogP contribution in [0.2, 0.25) is 0 Å². The van der Waals surface area contributed by atoms with Crippen molar-refractivity contribution in [2.75, 3.05) is 0 Å². The molecule has 0 nitrogen and oxygen atoms in total. The monoisotopic (exact) mass is 138 g/mol. The molecule has 1 aliphatic rings. The number of halogens is 1. The highest BCUT2D eigenvalue weighted by Crippen LogP contribution is 2.15. The van der Waals surface area contributed by atoms with Crippen LogP contribution in [-0.4, -0.2) is 0 Å². The van der Waals surface area contributed by atoms with Crippen molar-refractivity contribution in [3.8, 4) is 0 Å². The maximum absolute atomic E-state index is 5.56. The van der Waals surface area contributed by atoms with Crippen molar-refractivity contribution in [3.63, 3.8) is 0 Å². The molecule has 1 aliphatic carbocycles. The van der Waals surface area contributed by atoms with Crippen LogP contribution in [-0.2, 0) is 0 Å². The maximum atomic E-state index is 5.56. The van der Waals surface area contributed by atoms with Crippen LogP contribution in [0.1, 0.15) is 6.42 Å². The molecule has 0 aromatic carbocycles.